The van der Waals surface area contributed by atoms with Crippen LogP contribution >= 0.6 is 0 Å². The highest BCUT2D eigenvalue weighted by atomic mass is 19.1. The summed E-state index contributed by atoms with van der Waals surface area (Å²) < 4.78 is 18.8. The van der Waals surface area contributed by atoms with Gasteiger partial charge in [-0.3, -0.25) is 0 Å². The Bertz CT molecular complexity index is 734. The highest BCUT2D eigenvalue weighted by molar-refractivity contribution is 5.87. The van der Waals surface area contributed by atoms with Gasteiger partial charge in [-0.05, 0) is 18.6 Å². The Morgan fingerprint density at radius 2 is 2.00 bits per heavy atom. The zero-order valence-electron chi connectivity index (χ0n) is 9.77. The number of aromatic nitrogens is 1. The zero-order valence-corrected chi connectivity index (χ0v) is 9.77. The van der Waals surface area contributed by atoms with Crippen molar-refractivity contribution in [1.29, 1.82) is 0 Å². The second kappa shape index (κ2) is 3.84. The maximum Gasteiger partial charge on any atom is 0.227 e. The summed E-state index contributed by atoms with van der Waals surface area (Å²) in [6, 6.07) is 10.3. The molecule has 18 heavy (non-hydrogen) atoms. The van der Waals surface area contributed by atoms with Crippen LogP contribution in [0.25, 0.3) is 22.6 Å². The van der Waals surface area contributed by atoms with Crippen molar-refractivity contribution in [3.05, 3.63) is 47.8 Å². The molecule has 0 radical (unpaired) electrons. The Labute approximate surface area is 103 Å². The number of nitrogens with zero attached hydrogens (tertiary/aromatic N) is 1. The number of rotatable bonds is 1. The first-order valence-electron chi connectivity index (χ1n) is 5.57. The van der Waals surface area contributed by atoms with Crippen LogP contribution in [0.5, 0.6) is 0 Å². The SMILES string of the molecule is Cc1ccccc1-c1nc2cc(F)cc(N)c2o1. The van der Waals surface area contributed by atoms with Gasteiger partial charge in [-0.25, -0.2) is 9.37 Å². The van der Waals surface area contributed by atoms with Gasteiger partial charge >= 0.3 is 0 Å². The summed E-state index contributed by atoms with van der Waals surface area (Å²) in [5.74, 6) is 0.0463. The van der Waals surface area contributed by atoms with Crippen LogP contribution < -0.4 is 5.73 Å². The van der Waals surface area contributed by atoms with Crippen LogP contribution in [0.4, 0.5) is 10.1 Å². The maximum absolute atomic E-state index is 13.2. The lowest BCUT2D eigenvalue weighted by Crippen LogP contribution is -1.86. The summed E-state index contributed by atoms with van der Waals surface area (Å²) in [5.41, 5.74) is 8.76. The summed E-state index contributed by atoms with van der Waals surface area (Å²) >= 11 is 0. The number of benzene rings is 2. The average molecular weight is 242 g/mol. The Morgan fingerprint density at radius 3 is 2.78 bits per heavy atom. The second-order valence-electron chi connectivity index (χ2n) is 4.18. The van der Waals surface area contributed by atoms with Gasteiger partial charge in [0.2, 0.25) is 5.89 Å². The highest BCUT2D eigenvalue weighted by Gasteiger charge is 2.13. The molecule has 0 saturated heterocycles. The zero-order chi connectivity index (χ0) is 12.7. The molecule has 1 heterocycles. The summed E-state index contributed by atoms with van der Waals surface area (Å²) in [4.78, 5) is 4.28. The van der Waals surface area contributed by atoms with Crippen LogP contribution in [-0.4, -0.2) is 4.98 Å². The van der Waals surface area contributed by atoms with Crippen LogP contribution in [-0.2, 0) is 0 Å². The summed E-state index contributed by atoms with van der Waals surface area (Å²) in [6.45, 7) is 1.97. The third kappa shape index (κ3) is 1.62. The molecular formula is C14H11FN2O. The van der Waals surface area contributed by atoms with E-state index in [0.29, 0.717) is 17.0 Å². The molecule has 3 rings (SSSR count). The van der Waals surface area contributed by atoms with Crippen molar-refractivity contribution in [1.82, 2.24) is 4.98 Å². The third-order valence-electron chi connectivity index (χ3n) is 2.86. The molecule has 0 aliphatic heterocycles. The van der Waals surface area contributed by atoms with E-state index >= 15 is 0 Å². The molecule has 90 valence electrons. The quantitative estimate of drug-likeness (QED) is 0.664. The molecule has 0 amide bonds. The monoisotopic (exact) mass is 242 g/mol. The van der Waals surface area contributed by atoms with Gasteiger partial charge in [0.15, 0.2) is 5.58 Å². The average Bonchev–Trinajstić information content (AvgIpc) is 2.73. The van der Waals surface area contributed by atoms with E-state index in [4.69, 9.17) is 10.2 Å². The first kappa shape index (κ1) is 10.8. The summed E-state index contributed by atoms with van der Waals surface area (Å²) in [7, 11) is 0. The van der Waals surface area contributed by atoms with Crippen LogP contribution in [0.3, 0.4) is 0 Å². The van der Waals surface area contributed by atoms with E-state index in [1.165, 1.54) is 12.1 Å². The lowest BCUT2D eigenvalue weighted by Gasteiger charge is -1.98. The van der Waals surface area contributed by atoms with Crippen LogP contribution in [0, 0.1) is 12.7 Å². The van der Waals surface area contributed by atoms with Crippen molar-refractivity contribution < 1.29 is 8.81 Å². The number of aryl methyl sites for hydroxylation is 1. The molecular weight excluding hydrogens is 231 g/mol. The third-order valence-corrected chi connectivity index (χ3v) is 2.86. The Balaban J connectivity index is 2.26. The highest BCUT2D eigenvalue weighted by Crippen LogP contribution is 2.30. The Hall–Kier alpha value is -2.36. The molecule has 1 aromatic heterocycles. The molecule has 0 spiro atoms. The van der Waals surface area contributed by atoms with E-state index < -0.39 is 5.82 Å². The molecule has 0 bridgehead atoms. The fourth-order valence-electron chi connectivity index (χ4n) is 1.95. The number of fused-ring (bicyclic) bond motifs is 1. The minimum Gasteiger partial charge on any atom is -0.434 e. The van der Waals surface area contributed by atoms with E-state index in [2.05, 4.69) is 4.98 Å². The van der Waals surface area contributed by atoms with E-state index in [-0.39, 0.29) is 5.69 Å². The number of hydrogen-bond acceptors (Lipinski definition) is 3. The van der Waals surface area contributed by atoms with Gasteiger partial charge in [0.05, 0.1) is 5.69 Å². The largest absolute Gasteiger partial charge is 0.434 e. The van der Waals surface area contributed by atoms with Crippen molar-refractivity contribution in [2.45, 2.75) is 6.92 Å². The maximum atomic E-state index is 13.2. The first-order valence-corrected chi connectivity index (χ1v) is 5.57. The van der Waals surface area contributed by atoms with Gasteiger partial charge in [0.1, 0.15) is 11.3 Å². The second-order valence-corrected chi connectivity index (χ2v) is 4.18. The van der Waals surface area contributed by atoms with Crippen LogP contribution in [0.15, 0.2) is 40.8 Å². The fourth-order valence-corrected chi connectivity index (χ4v) is 1.95. The molecule has 0 aliphatic rings. The molecule has 4 heteroatoms. The smallest absolute Gasteiger partial charge is 0.227 e. The minimum atomic E-state index is -0.412. The van der Waals surface area contributed by atoms with Crippen molar-refractivity contribution in [2.75, 3.05) is 5.73 Å². The number of hydrogen-bond donors (Lipinski definition) is 1. The summed E-state index contributed by atoms with van der Waals surface area (Å²) in [5, 5.41) is 0. The van der Waals surface area contributed by atoms with E-state index in [1.807, 2.05) is 31.2 Å². The van der Waals surface area contributed by atoms with E-state index in [9.17, 15) is 4.39 Å². The molecule has 3 aromatic rings. The number of nitrogen functional groups attached to an aromatic ring is 1. The van der Waals surface area contributed by atoms with Crippen molar-refractivity contribution >= 4 is 16.8 Å². The number of anilines is 1. The molecule has 0 saturated carbocycles. The molecule has 0 fully saturated rings. The van der Waals surface area contributed by atoms with Gasteiger partial charge in [-0.1, -0.05) is 18.2 Å². The van der Waals surface area contributed by atoms with Crippen LogP contribution in [0.2, 0.25) is 0 Å². The topological polar surface area (TPSA) is 52.0 Å². The Morgan fingerprint density at radius 1 is 1.22 bits per heavy atom. The van der Waals surface area contributed by atoms with Gasteiger partial charge < -0.3 is 10.2 Å². The van der Waals surface area contributed by atoms with Crippen molar-refractivity contribution in [2.24, 2.45) is 0 Å². The molecule has 0 atom stereocenters. The summed E-state index contributed by atoms with van der Waals surface area (Å²) in [6.07, 6.45) is 0. The molecule has 3 nitrogen and oxygen atoms in total. The first-order chi connectivity index (χ1) is 8.65. The molecule has 2 N–H and O–H groups in total. The predicted molar refractivity (Wildman–Crippen MR) is 68.6 cm³/mol. The van der Waals surface area contributed by atoms with Gasteiger partial charge in [-0.15, -0.1) is 0 Å². The van der Waals surface area contributed by atoms with Gasteiger partial charge in [0.25, 0.3) is 0 Å². The molecule has 0 unspecified atom stereocenters. The van der Waals surface area contributed by atoms with Crippen molar-refractivity contribution in [3.63, 3.8) is 0 Å². The normalized spacial score (nSPS) is 11.0. The lowest BCUT2D eigenvalue weighted by atomic mass is 10.1. The predicted octanol–water partition coefficient (Wildman–Crippen LogP) is 3.52. The molecule has 0 aliphatic carbocycles. The van der Waals surface area contributed by atoms with Crippen molar-refractivity contribution in [3.8, 4) is 11.5 Å². The number of halogens is 1. The fraction of sp³-hybridized carbons (Fsp3) is 0.0714. The van der Waals surface area contributed by atoms with Gasteiger partial charge in [-0.2, -0.15) is 0 Å². The number of oxazole rings is 1. The standard InChI is InChI=1S/C14H11FN2O/c1-8-4-2-3-5-10(8)14-17-12-7-9(15)6-11(16)13(12)18-14/h2-7H,16H2,1H3. The van der Waals surface area contributed by atoms with Crippen LogP contribution in [0.1, 0.15) is 5.56 Å². The van der Waals surface area contributed by atoms with E-state index in [0.717, 1.165) is 11.1 Å². The Kier molecular flexibility index (Phi) is 2.30. The minimum absolute atomic E-state index is 0.261. The molecule has 2 aromatic carbocycles. The number of nitrogens with two attached hydrogens (primary N) is 1. The van der Waals surface area contributed by atoms with E-state index in [1.54, 1.807) is 0 Å². The lowest BCUT2D eigenvalue weighted by molar-refractivity contribution is 0.615. The van der Waals surface area contributed by atoms with Gasteiger partial charge in [0, 0.05) is 17.7 Å².